The second-order valence-corrected chi connectivity index (χ2v) is 5.20. The average molecular weight is 330 g/mol. The third-order valence-corrected chi connectivity index (χ3v) is 3.98. The molecular formula is C14H11BrCl2. The second-order valence-electron chi connectivity index (χ2n) is 3.83. The molecule has 0 bridgehead atoms. The van der Waals surface area contributed by atoms with Gasteiger partial charge < -0.3 is 0 Å². The van der Waals surface area contributed by atoms with Crippen molar-refractivity contribution in [1.82, 2.24) is 0 Å². The minimum atomic E-state index is 0.724. The zero-order valence-electron chi connectivity index (χ0n) is 9.09. The maximum absolute atomic E-state index is 6.15. The largest absolute Gasteiger partial charge is 0.0876 e. The van der Waals surface area contributed by atoms with Crippen LogP contribution < -0.4 is 0 Å². The maximum Gasteiger partial charge on any atom is 0.0456 e. The van der Waals surface area contributed by atoms with Gasteiger partial charge in [0.1, 0.15) is 0 Å². The van der Waals surface area contributed by atoms with E-state index in [-0.39, 0.29) is 0 Å². The molecular weight excluding hydrogens is 319 g/mol. The number of alkyl halides is 1. The average Bonchev–Trinajstić information content (AvgIpc) is 2.35. The van der Waals surface area contributed by atoms with Crippen LogP contribution in [0.1, 0.15) is 16.7 Å². The van der Waals surface area contributed by atoms with Gasteiger partial charge in [-0.1, -0.05) is 69.5 Å². The van der Waals surface area contributed by atoms with Gasteiger partial charge in [-0.2, -0.15) is 0 Å². The molecule has 0 aliphatic carbocycles. The van der Waals surface area contributed by atoms with E-state index in [0.717, 1.165) is 27.4 Å². The molecule has 0 saturated heterocycles. The van der Waals surface area contributed by atoms with E-state index in [2.05, 4.69) is 40.2 Å². The standard InChI is InChI=1S/C14H11BrCl2/c15-9-11-6-4-10(5-7-11)8-12-13(16)2-1-3-14(12)17/h1-7H,8-9H2. The third-order valence-electron chi connectivity index (χ3n) is 2.62. The molecule has 0 aliphatic rings. The van der Waals surface area contributed by atoms with Crippen LogP contribution in [0, 0.1) is 0 Å². The molecule has 0 heterocycles. The van der Waals surface area contributed by atoms with Gasteiger partial charge in [0.15, 0.2) is 0 Å². The van der Waals surface area contributed by atoms with Gasteiger partial charge in [-0.25, -0.2) is 0 Å². The molecule has 0 fully saturated rings. The Hall–Kier alpha value is -0.500. The monoisotopic (exact) mass is 328 g/mol. The first kappa shape index (κ1) is 12.9. The van der Waals surface area contributed by atoms with Crippen LogP contribution in [0.15, 0.2) is 42.5 Å². The number of hydrogen-bond donors (Lipinski definition) is 0. The normalized spacial score (nSPS) is 10.5. The first-order valence-corrected chi connectivity index (χ1v) is 7.15. The van der Waals surface area contributed by atoms with E-state index in [1.807, 2.05) is 18.2 Å². The van der Waals surface area contributed by atoms with Crippen molar-refractivity contribution in [2.24, 2.45) is 0 Å². The van der Waals surface area contributed by atoms with Crippen LogP contribution in [0.5, 0.6) is 0 Å². The van der Waals surface area contributed by atoms with E-state index in [1.165, 1.54) is 11.1 Å². The Labute approximate surface area is 120 Å². The summed E-state index contributed by atoms with van der Waals surface area (Å²) in [6, 6.07) is 14.0. The molecule has 0 amide bonds. The van der Waals surface area contributed by atoms with E-state index in [9.17, 15) is 0 Å². The lowest BCUT2D eigenvalue weighted by molar-refractivity contribution is 1.18. The summed E-state index contributed by atoms with van der Waals surface area (Å²) in [7, 11) is 0. The Bertz CT molecular complexity index is 486. The van der Waals surface area contributed by atoms with Gasteiger partial charge >= 0.3 is 0 Å². The summed E-state index contributed by atoms with van der Waals surface area (Å²) in [5, 5.41) is 2.32. The summed E-state index contributed by atoms with van der Waals surface area (Å²) in [4.78, 5) is 0. The zero-order chi connectivity index (χ0) is 12.3. The Balaban J connectivity index is 2.25. The SMILES string of the molecule is Clc1cccc(Cl)c1Cc1ccc(CBr)cc1. The van der Waals surface area contributed by atoms with E-state index in [0.29, 0.717) is 0 Å². The summed E-state index contributed by atoms with van der Waals surface area (Å²) >= 11 is 15.7. The minimum Gasteiger partial charge on any atom is -0.0876 e. The van der Waals surface area contributed by atoms with E-state index >= 15 is 0 Å². The Morgan fingerprint density at radius 1 is 0.824 bits per heavy atom. The quantitative estimate of drug-likeness (QED) is 0.654. The molecule has 0 saturated carbocycles. The van der Waals surface area contributed by atoms with Gasteiger partial charge in [-0.15, -0.1) is 0 Å². The predicted molar refractivity (Wildman–Crippen MR) is 78.3 cm³/mol. The van der Waals surface area contributed by atoms with E-state index in [4.69, 9.17) is 23.2 Å². The smallest absolute Gasteiger partial charge is 0.0456 e. The number of rotatable bonds is 3. The predicted octanol–water partition coefficient (Wildman–Crippen LogP) is 5.48. The van der Waals surface area contributed by atoms with Crippen LogP contribution in [0.4, 0.5) is 0 Å². The molecule has 17 heavy (non-hydrogen) atoms. The summed E-state index contributed by atoms with van der Waals surface area (Å²) in [6.45, 7) is 0. The van der Waals surface area contributed by atoms with Crippen LogP contribution >= 0.6 is 39.1 Å². The lowest BCUT2D eigenvalue weighted by Crippen LogP contribution is -1.91. The highest BCUT2D eigenvalue weighted by atomic mass is 79.9. The van der Waals surface area contributed by atoms with Crippen LogP contribution in [-0.4, -0.2) is 0 Å². The summed E-state index contributed by atoms with van der Waals surface area (Å²) in [5.74, 6) is 0. The Morgan fingerprint density at radius 3 is 1.88 bits per heavy atom. The molecule has 88 valence electrons. The third kappa shape index (κ3) is 3.25. The van der Waals surface area contributed by atoms with Crippen molar-refractivity contribution in [3.8, 4) is 0 Å². The van der Waals surface area contributed by atoms with Crippen molar-refractivity contribution in [2.45, 2.75) is 11.8 Å². The highest BCUT2D eigenvalue weighted by Crippen LogP contribution is 2.26. The zero-order valence-corrected chi connectivity index (χ0v) is 12.2. The lowest BCUT2D eigenvalue weighted by Gasteiger charge is -2.07. The van der Waals surface area contributed by atoms with Crippen molar-refractivity contribution in [2.75, 3.05) is 0 Å². The van der Waals surface area contributed by atoms with Crippen molar-refractivity contribution < 1.29 is 0 Å². The van der Waals surface area contributed by atoms with Gasteiger partial charge in [0.2, 0.25) is 0 Å². The second kappa shape index (κ2) is 5.90. The van der Waals surface area contributed by atoms with Gasteiger partial charge in [-0.3, -0.25) is 0 Å². The molecule has 0 N–H and O–H groups in total. The summed E-state index contributed by atoms with van der Waals surface area (Å²) in [6.07, 6.45) is 0.765. The van der Waals surface area contributed by atoms with Crippen LogP contribution in [0.25, 0.3) is 0 Å². The highest BCUT2D eigenvalue weighted by Gasteiger charge is 2.06. The molecule has 2 aromatic rings. The Kier molecular flexibility index (Phi) is 4.49. The molecule has 3 heteroatoms. The molecule has 0 spiro atoms. The van der Waals surface area contributed by atoms with Crippen molar-refractivity contribution in [3.05, 3.63) is 69.2 Å². The number of halogens is 3. The number of benzene rings is 2. The van der Waals surface area contributed by atoms with Crippen LogP contribution in [-0.2, 0) is 11.8 Å². The van der Waals surface area contributed by atoms with Crippen LogP contribution in [0.3, 0.4) is 0 Å². The van der Waals surface area contributed by atoms with Crippen molar-refractivity contribution in [1.29, 1.82) is 0 Å². The van der Waals surface area contributed by atoms with Crippen molar-refractivity contribution >= 4 is 39.1 Å². The summed E-state index contributed by atoms with van der Waals surface area (Å²) < 4.78 is 0. The fourth-order valence-electron chi connectivity index (χ4n) is 1.65. The van der Waals surface area contributed by atoms with Crippen molar-refractivity contribution in [3.63, 3.8) is 0 Å². The molecule has 2 aromatic carbocycles. The van der Waals surface area contributed by atoms with Gasteiger partial charge in [0.05, 0.1) is 0 Å². The molecule has 0 aliphatic heterocycles. The molecule has 0 radical (unpaired) electrons. The Morgan fingerprint density at radius 2 is 1.35 bits per heavy atom. The number of hydrogen-bond acceptors (Lipinski definition) is 0. The highest BCUT2D eigenvalue weighted by molar-refractivity contribution is 9.08. The lowest BCUT2D eigenvalue weighted by atomic mass is 10.0. The fraction of sp³-hybridized carbons (Fsp3) is 0.143. The molecule has 0 atom stereocenters. The van der Waals surface area contributed by atoms with Gasteiger partial charge in [0.25, 0.3) is 0 Å². The maximum atomic E-state index is 6.15. The fourth-order valence-corrected chi connectivity index (χ4v) is 2.56. The first-order chi connectivity index (χ1) is 8.20. The molecule has 0 aromatic heterocycles. The van der Waals surface area contributed by atoms with Crippen LogP contribution in [0.2, 0.25) is 10.0 Å². The molecule has 0 unspecified atom stereocenters. The topological polar surface area (TPSA) is 0 Å². The first-order valence-electron chi connectivity index (χ1n) is 5.27. The van der Waals surface area contributed by atoms with Gasteiger partial charge in [-0.05, 0) is 28.8 Å². The van der Waals surface area contributed by atoms with E-state index in [1.54, 1.807) is 0 Å². The minimum absolute atomic E-state index is 0.724. The molecule has 0 nitrogen and oxygen atoms in total. The summed E-state index contributed by atoms with van der Waals surface area (Å²) in [5.41, 5.74) is 3.46. The molecule has 2 rings (SSSR count). The van der Waals surface area contributed by atoms with Gasteiger partial charge in [0, 0.05) is 21.8 Å². The van der Waals surface area contributed by atoms with E-state index < -0.39 is 0 Å².